The Hall–Kier alpha value is -1.60. The molecule has 2 saturated heterocycles. The molecule has 1 aromatic heterocycles. The molecule has 2 aliphatic rings. The molecule has 12 heteroatoms. The lowest BCUT2D eigenvalue weighted by Gasteiger charge is -2.36. The van der Waals surface area contributed by atoms with Crippen LogP contribution in [0.4, 0.5) is 4.79 Å². The van der Waals surface area contributed by atoms with Crippen LogP contribution in [0, 0.1) is 24.2 Å². The van der Waals surface area contributed by atoms with Crippen molar-refractivity contribution in [2.75, 3.05) is 18.1 Å². The lowest BCUT2D eigenvalue weighted by molar-refractivity contribution is -0.143. The van der Waals surface area contributed by atoms with E-state index in [0.29, 0.717) is 13.0 Å². The number of aliphatic hydroxyl groups is 1. The number of ether oxygens (including phenoxy) is 2. The molecule has 0 unspecified atom stereocenters. The van der Waals surface area contributed by atoms with E-state index >= 15 is 0 Å². The number of nitrogens with one attached hydrogen (secondary N) is 2. The molecule has 3 heterocycles. The number of nitrogens with zero attached hydrogens (tertiary/aromatic N) is 1. The smallest absolute Gasteiger partial charge is 0.407 e. The molecule has 1 aromatic rings. The van der Waals surface area contributed by atoms with E-state index in [9.17, 15) is 19.5 Å². The highest BCUT2D eigenvalue weighted by atomic mass is 33.1. The van der Waals surface area contributed by atoms with E-state index < -0.39 is 29.6 Å². The summed E-state index contributed by atoms with van der Waals surface area (Å²) in [6.07, 6.45) is 3.37. The molecule has 7 atom stereocenters. The van der Waals surface area contributed by atoms with Crippen LogP contribution in [0.3, 0.4) is 0 Å². The number of aryl methyl sites for hydroxylation is 1. The van der Waals surface area contributed by atoms with Gasteiger partial charge >= 0.3 is 6.09 Å². The molecule has 0 aliphatic carbocycles. The average molecular weight is 684 g/mol. The summed E-state index contributed by atoms with van der Waals surface area (Å²) >= 11 is 1.57. The predicted octanol–water partition coefficient (Wildman–Crippen LogP) is 6.58. The fourth-order valence-corrected chi connectivity index (χ4v) is 8.57. The van der Waals surface area contributed by atoms with Gasteiger partial charge in [0.15, 0.2) is 0 Å². The highest BCUT2D eigenvalue weighted by Gasteiger charge is 2.52. The molecule has 3 rings (SSSR count). The normalized spacial score (nSPS) is 31.5. The Labute approximate surface area is 281 Å². The van der Waals surface area contributed by atoms with E-state index in [4.69, 9.17) is 9.47 Å². The van der Waals surface area contributed by atoms with E-state index in [0.717, 1.165) is 53.5 Å². The van der Waals surface area contributed by atoms with Gasteiger partial charge < -0.3 is 25.2 Å². The van der Waals surface area contributed by atoms with Crippen LogP contribution >= 0.6 is 32.9 Å². The zero-order valence-electron chi connectivity index (χ0n) is 28.1. The predicted molar refractivity (Wildman–Crippen MR) is 185 cm³/mol. The van der Waals surface area contributed by atoms with Crippen LogP contribution in [-0.2, 0) is 19.1 Å². The van der Waals surface area contributed by atoms with Crippen molar-refractivity contribution in [2.45, 2.75) is 124 Å². The van der Waals surface area contributed by atoms with Gasteiger partial charge in [-0.2, -0.15) is 0 Å². The second kappa shape index (κ2) is 17.0. The topological polar surface area (TPSA) is 130 Å². The molecule has 3 N–H and O–H groups in total. The number of aliphatic hydroxyl groups excluding tert-OH is 1. The highest BCUT2D eigenvalue weighted by molar-refractivity contribution is 8.76. The number of rotatable bonds is 9. The molecule has 2 aliphatic heterocycles. The maximum absolute atomic E-state index is 13.9. The summed E-state index contributed by atoms with van der Waals surface area (Å²) < 4.78 is 12.1. The molecule has 0 saturated carbocycles. The summed E-state index contributed by atoms with van der Waals surface area (Å²) in [4.78, 5) is 44.6. The van der Waals surface area contributed by atoms with Crippen molar-refractivity contribution in [3.05, 3.63) is 21.7 Å². The van der Waals surface area contributed by atoms with Crippen molar-refractivity contribution < 1.29 is 29.0 Å². The van der Waals surface area contributed by atoms with Gasteiger partial charge in [0.1, 0.15) is 11.9 Å². The average Bonchev–Trinajstić information content (AvgIpc) is 3.42. The first-order chi connectivity index (χ1) is 21.2. The fourth-order valence-electron chi connectivity index (χ4n) is 5.96. The number of amides is 2. The van der Waals surface area contributed by atoms with Crippen molar-refractivity contribution in [2.24, 2.45) is 17.3 Å². The Morgan fingerprint density at radius 2 is 1.98 bits per heavy atom. The molecule has 0 spiro atoms. The Balaban J connectivity index is 1.78. The number of Topliss-reactive ketones (excluding diaryl/α,β-unsaturated/α-hetero) is 1. The Bertz CT molecular complexity index is 1190. The van der Waals surface area contributed by atoms with E-state index in [1.807, 2.05) is 32.2 Å². The van der Waals surface area contributed by atoms with Crippen LogP contribution in [0.2, 0.25) is 0 Å². The summed E-state index contributed by atoms with van der Waals surface area (Å²) in [5, 5.41) is 20.2. The Kier molecular flexibility index (Phi) is 14.3. The van der Waals surface area contributed by atoms with Crippen molar-refractivity contribution in [3.8, 4) is 0 Å². The van der Waals surface area contributed by atoms with Gasteiger partial charge in [0.25, 0.3) is 0 Å². The maximum Gasteiger partial charge on any atom is 0.407 e. The van der Waals surface area contributed by atoms with E-state index in [2.05, 4.69) is 29.5 Å². The zero-order valence-corrected chi connectivity index (χ0v) is 30.6. The van der Waals surface area contributed by atoms with Gasteiger partial charge in [-0.05, 0) is 57.6 Å². The summed E-state index contributed by atoms with van der Waals surface area (Å²) in [5.74, 6) is 0.459. The Morgan fingerprint density at radius 1 is 1.27 bits per heavy atom. The number of epoxide rings is 1. The minimum Gasteiger partial charge on any atom is -0.445 e. The molecular formula is C33H53N3O6S3. The lowest BCUT2D eigenvalue weighted by Crippen LogP contribution is -2.48. The van der Waals surface area contributed by atoms with Crippen LogP contribution in [-0.4, -0.2) is 75.9 Å². The van der Waals surface area contributed by atoms with E-state index in [1.54, 1.807) is 53.7 Å². The zero-order chi connectivity index (χ0) is 33.4. The molecular weight excluding hydrogens is 631 g/mol. The third-order valence-electron chi connectivity index (χ3n) is 9.10. The number of carbonyl (C=O) groups is 3. The minimum absolute atomic E-state index is 0.0282. The number of alkyl carbamates (subject to hydrolysis) is 1. The fraction of sp³-hybridized carbons (Fsp3) is 0.758. The van der Waals surface area contributed by atoms with Gasteiger partial charge in [-0.3, -0.25) is 9.59 Å². The van der Waals surface area contributed by atoms with E-state index in [-0.39, 0.29) is 41.8 Å². The number of fused-ring (bicyclic) bond motifs is 1. The van der Waals surface area contributed by atoms with Crippen LogP contribution in [0.1, 0.15) is 97.7 Å². The third-order valence-corrected chi connectivity index (χ3v) is 12.5. The molecule has 9 nitrogen and oxygen atoms in total. The quantitative estimate of drug-likeness (QED) is 0.150. The number of ketones is 1. The second-order valence-corrected chi connectivity index (χ2v) is 17.1. The first-order valence-electron chi connectivity index (χ1n) is 16.2. The standard InChI is InChI=1S/C33H53N3O6S3/c1-9-14-44-45-15-13-34-31(40)41-29-20(2)11-10-12-33(8)27(42-33)17-25(21(3)16-24-19-43-23(5)35-24)36-28(38)18-26(37)32(6,7)30(39)22(29)4/h16,19-20,22,25-27,29,37H,9-15,17-18H2,1-8H3,(H,34,40)(H,36,38)/b21-16+/t20-,22+,25-,26-,27-,29-,33+/m0/s1. The van der Waals surface area contributed by atoms with Crippen molar-refractivity contribution in [3.63, 3.8) is 0 Å². The molecule has 254 valence electrons. The number of thiazole rings is 1. The number of aromatic nitrogens is 1. The maximum atomic E-state index is 13.9. The summed E-state index contributed by atoms with van der Waals surface area (Å²) in [7, 11) is 3.49. The first-order valence-corrected chi connectivity index (χ1v) is 19.5. The number of carbonyl (C=O) groups excluding carboxylic acids is 3. The van der Waals surface area contributed by atoms with Crippen molar-refractivity contribution in [1.29, 1.82) is 0 Å². The van der Waals surface area contributed by atoms with Gasteiger partial charge in [0, 0.05) is 29.9 Å². The number of hydrogen-bond donors (Lipinski definition) is 3. The Morgan fingerprint density at radius 3 is 2.64 bits per heavy atom. The molecule has 0 aromatic carbocycles. The molecule has 2 fully saturated rings. The summed E-state index contributed by atoms with van der Waals surface area (Å²) in [6, 6.07) is -0.303. The van der Waals surface area contributed by atoms with Gasteiger partial charge in [-0.25, -0.2) is 9.78 Å². The first kappa shape index (κ1) is 37.9. The van der Waals surface area contributed by atoms with Crippen molar-refractivity contribution in [1.82, 2.24) is 15.6 Å². The highest BCUT2D eigenvalue weighted by Crippen LogP contribution is 2.44. The SMILES string of the molecule is CCCSSCCNC(=O)O[C@H]1[C@@H](C)CCC[C@@]2(C)O[C@H]2C[C@@H](/C(C)=C/c2csc(C)n2)NC(=O)C[C@H](O)C(C)(C)C(=O)[C@@H]1C. The van der Waals surface area contributed by atoms with Crippen molar-refractivity contribution >= 4 is 56.8 Å². The molecule has 2 amide bonds. The monoisotopic (exact) mass is 683 g/mol. The van der Waals surface area contributed by atoms with Gasteiger partial charge in [0.05, 0.1) is 52.3 Å². The lowest BCUT2D eigenvalue weighted by atomic mass is 9.72. The summed E-state index contributed by atoms with van der Waals surface area (Å²) in [6.45, 7) is 15.7. The van der Waals surface area contributed by atoms with Gasteiger partial charge in [0.2, 0.25) is 5.91 Å². The second-order valence-electron chi connectivity index (χ2n) is 13.4. The minimum atomic E-state index is -1.24. The number of hydrogen-bond acceptors (Lipinski definition) is 10. The van der Waals surface area contributed by atoms with Crippen LogP contribution < -0.4 is 10.6 Å². The summed E-state index contributed by atoms with van der Waals surface area (Å²) in [5.41, 5.74) is 0.244. The van der Waals surface area contributed by atoms with Crippen LogP contribution in [0.25, 0.3) is 6.08 Å². The van der Waals surface area contributed by atoms with E-state index in [1.165, 1.54) is 0 Å². The molecule has 0 bridgehead atoms. The van der Waals surface area contributed by atoms with Gasteiger partial charge in [-0.15, -0.1) is 11.3 Å². The third kappa shape index (κ3) is 11.0. The van der Waals surface area contributed by atoms with Gasteiger partial charge in [-0.1, -0.05) is 62.6 Å². The van der Waals surface area contributed by atoms with Crippen LogP contribution in [0.5, 0.6) is 0 Å². The molecule has 0 radical (unpaired) electrons. The largest absolute Gasteiger partial charge is 0.445 e. The molecule has 45 heavy (non-hydrogen) atoms. The van der Waals surface area contributed by atoms with Crippen LogP contribution in [0.15, 0.2) is 11.0 Å².